The summed E-state index contributed by atoms with van der Waals surface area (Å²) in [7, 11) is 0. The molecule has 0 heterocycles. The van der Waals surface area contributed by atoms with Gasteiger partial charge >= 0.3 is 11.9 Å². The number of carboxylic acid groups (broad SMARTS) is 1. The normalized spacial score (nSPS) is 12.1. The summed E-state index contributed by atoms with van der Waals surface area (Å²) in [6.07, 6.45) is 32.7. The summed E-state index contributed by atoms with van der Waals surface area (Å²) in [6.45, 7) is 5.86. The number of ether oxygens (including phenoxy) is 1. The number of unbranched alkanes of at least 4 members (excludes halogenated alkanes) is 18. The Morgan fingerprint density at radius 2 is 1.14 bits per heavy atom. The molecule has 0 bridgehead atoms. The maximum absolute atomic E-state index is 11.6. The first-order valence-electron chi connectivity index (χ1n) is 14.8. The van der Waals surface area contributed by atoms with E-state index in [0.717, 1.165) is 19.3 Å². The molecule has 4 heteroatoms. The Kier molecular flexibility index (Phi) is 25.8. The molecule has 0 aromatic heterocycles. The van der Waals surface area contributed by atoms with Crippen LogP contribution in [0.25, 0.3) is 0 Å². The summed E-state index contributed by atoms with van der Waals surface area (Å²) in [5.41, 5.74) is 0. The van der Waals surface area contributed by atoms with E-state index in [-0.39, 0.29) is 13.0 Å². The lowest BCUT2D eigenvalue weighted by Crippen LogP contribution is -2.19. The molecule has 0 aliphatic heterocycles. The zero-order chi connectivity index (χ0) is 25.8. The molecule has 1 unspecified atom stereocenters. The van der Waals surface area contributed by atoms with Crippen molar-refractivity contribution in [2.45, 2.75) is 148 Å². The van der Waals surface area contributed by atoms with Crippen LogP contribution in [-0.4, -0.2) is 23.7 Å². The van der Waals surface area contributed by atoms with Crippen molar-refractivity contribution in [3.8, 4) is 0 Å². The molecule has 0 aromatic carbocycles. The standard InChI is InChI=1S/C31H56O4/c1-3-5-6-7-8-9-10-11-12-13-14-15-16-17-18-19-20-21-22-23-24-25-26-29(31(33)34)28-30(32)35-27-4-2/h4,6-7,29H,2-3,5,8-28H2,1H3,(H,33,34)/b7-6+. The molecule has 0 rings (SSSR count). The van der Waals surface area contributed by atoms with Gasteiger partial charge in [0.05, 0.1) is 12.3 Å². The molecule has 0 aliphatic carbocycles. The largest absolute Gasteiger partial charge is 0.481 e. The Morgan fingerprint density at radius 1 is 0.714 bits per heavy atom. The van der Waals surface area contributed by atoms with Crippen molar-refractivity contribution < 1.29 is 19.4 Å². The quantitative estimate of drug-likeness (QED) is 0.0704. The van der Waals surface area contributed by atoms with Gasteiger partial charge in [-0.15, -0.1) is 0 Å². The van der Waals surface area contributed by atoms with E-state index in [1.54, 1.807) is 0 Å². The second-order valence-electron chi connectivity index (χ2n) is 10.1. The molecule has 0 aromatic rings. The van der Waals surface area contributed by atoms with Gasteiger partial charge in [-0.1, -0.05) is 141 Å². The van der Waals surface area contributed by atoms with Crippen molar-refractivity contribution in [1.82, 2.24) is 0 Å². The van der Waals surface area contributed by atoms with Crippen molar-refractivity contribution in [1.29, 1.82) is 0 Å². The summed E-state index contributed by atoms with van der Waals surface area (Å²) in [5, 5.41) is 9.29. The van der Waals surface area contributed by atoms with Crippen LogP contribution in [0.3, 0.4) is 0 Å². The molecule has 0 saturated carbocycles. The van der Waals surface area contributed by atoms with E-state index in [9.17, 15) is 14.7 Å². The van der Waals surface area contributed by atoms with Gasteiger partial charge in [0.2, 0.25) is 0 Å². The molecule has 35 heavy (non-hydrogen) atoms. The smallest absolute Gasteiger partial charge is 0.307 e. The van der Waals surface area contributed by atoms with E-state index in [1.165, 1.54) is 115 Å². The second-order valence-corrected chi connectivity index (χ2v) is 10.1. The lowest BCUT2D eigenvalue weighted by molar-refractivity contribution is -0.151. The van der Waals surface area contributed by atoms with Gasteiger partial charge in [-0.25, -0.2) is 0 Å². The molecule has 204 valence electrons. The van der Waals surface area contributed by atoms with Gasteiger partial charge in [0, 0.05) is 0 Å². The van der Waals surface area contributed by atoms with Crippen LogP contribution in [0, 0.1) is 5.92 Å². The Bertz CT molecular complexity index is 526. The number of carbonyl (C=O) groups excluding carboxylic acids is 1. The summed E-state index contributed by atoms with van der Waals surface area (Å²) >= 11 is 0. The molecule has 0 aliphatic rings. The van der Waals surface area contributed by atoms with Crippen molar-refractivity contribution in [3.05, 3.63) is 24.8 Å². The molecular weight excluding hydrogens is 436 g/mol. The van der Waals surface area contributed by atoms with Gasteiger partial charge < -0.3 is 9.84 Å². The van der Waals surface area contributed by atoms with E-state index < -0.39 is 17.9 Å². The average Bonchev–Trinajstić information content (AvgIpc) is 2.84. The number of carbonyl (C=O) groups is 2. The molecular formula is C31H56O4. The zero-order valence-corrected chi connectivity index (χ0v) is 23.0. The molecule has 0 spiro atoms. The van der Waals surface area contributed by atoms with Crippen LogP contribution in [0.1, 0.15) is 148 Å². The van der Waals surface area contributed by atoms with E-state index in [0.29, 0.717) is 6.42 Å². The van der Waals surface area contributed by atoms with Gasteiger partial charge in [0.1, 0.15) is 6.61 Å². The van der Waals surface area contributed by atoms with Crippen LogP contribution in [0.15, 0.2) is 24.8 Å². The highest BCUT2D eigenvalue weighted by Gasteiger charge is 2.21. The topological polar surface area (TPSA) is 63.6 Å². The van der Waals surface area contributed by atoms with Crippen LogP contribution in [0.4, 0.5) is 0 Å². The van der Waals surface area contributed by atoms with Crippen LogP contribution in [0.2, 0.25) is 0 Å². The van der Waals surface area contributed by atoms with E-state index in [1.807, 2.05) is 0 Å². The minimum atomic E-state index is -0.901. The Labute approximate surface area is 217 Å². The number of carboxylic acids is 1. The van der Waals surface area contributed by atoms with E-state index in [4.69, 9.17) is 4.74 Å². The minimum Gasteiger partial charge on any atom is -0.481 e. The van der Waals surface area contributed by atoms with Crippen molar-refractivity contribution in [3.63, 3.8) is 0 Å². The van der Waals surface area contributed by atoms with Crippen molar-refractivity contribution >= 4 is 11.9 Å². The molecule has 1 atom stereocenters. The third kappa shape index (κ3) is 25.3. The third-order valence-electron chi connectivity index (χ3n) is 6.67. The monoisotopic (exact) mass is 492 g/mol. The molecule has 0 saturated heterocycles. The predicted octanol–water partition coefficient (Wildman–Crippen LogP) is 9.57. The highest BCUT2D eigenvalue weighted by Crippen LogP contribution is 2.18. The van der Waals surface area contributed by atoms with Gasteiger partial charge in [-0.3, -0.25) is 9.59 Å². The molecule has 0 amide bonds. The fourth-order valence-electron chi connectivity index (χ4n) is 4.43. The Morgan fingerprint density at radius 3 is 1.57 bits per heavy atom. The molecule has 1 N–H and O–H groups in total. The van der Waals surface area contributed by atoms with Crippen molar-refractivity contribution in [2.75, 3.05) is 6.61 Å². The average molecular weight is 493 g/mol. The van der Waals surface area contributed by atoms with Crippen molar-refractivity contribution in [2.24, 2.45) is 5.92 Å². The Balaban J connectivity index is 3.34. The van der Waals surface area contributed by atoms with Gasteiger partial charge in [-0.2, -0.15) is 0 Å². The summed E-state index contributed by atoms with van der Waals surface area (Å²) < 4.78 is 4.90. The first-order chi connectivity index (χ1) is 17.1. The fraction of sp³-hybridized carbons (Fsp3) is 0.806. The Hall–Kier alpha value is -1.58. The summed E-state index contributed by atoms with van der Waals surface area (Å²) in [4.78, 5) is 22.9. The number of esters is 1. The second kappa shape index (κ2) is 27.0. The molecule has 4 nitrogen and oxygen atoms in total. The molecule has 0 radical (unpaired) electrons. The fourth-order valence-corrected chi connectivity index (χ4v) is 4.43. The number of rotatable bonds is 27. The minimum absolute atomic E-state index is 0.0412. The van der Waals surface area contributed by atoms with Crippen LogP contribution >= 0.6 is 0 Å². The van der Waals surface area contributed by atoms with Crippen LogP contribution in [0.5, 0.6) is 0 Å². The summed E-state index contributed by atoms with van der Waals surface area (Å²) in [5.74, 6) is -1.98. The van der Waals surface area contributed by atoms with Crippen LogP contribution < -0.4 is 0 Å². The predicted molar refractivity (Wildman–Crippen MR) is 149 cm³/mol. The van der Waals surface area contributed by atoms with E-state index >= 15 is 0 Å². The number of hydrogen-bond donors (Lipinski definition) is 1. The van der Waals surface area contributed by atoms with Crippen LogP contribution in [-0.2, 0) is 14.3 Å². The number of aliphatic carboxylic acids is 1. The number of hydrogen-bond acceptors (Lipinski definition) is 3. The highest BCUT2D eigenvalue weighted by molar-refractivity contribution is 5.78. The first-order valence-corrected chi connectivity index (χ1v) is 14.8. The van der Waals surface area contributed by atoms with Gasteiger partial charge in [0.25, 0.3) is 0 Å². The maximum Gasteiger partial charge on any atom is 0.307 e. The maximum atomic E-state index is 11.6. The lowest BCUT2D eigenvalue weighted by Gasteiger charge is -2.11. The number of allylic oxidation sites excluding steroid dienone is 2. The zero-order valence-electron chi connectivity index (χ0n) is 23.0. The van der Waals surface area contributed by atoms with E-state index in [2.05, 4.69) is 25.7 Å². The first kappa shape index (κ1) is 33.4. The molecule has 0 fully saturated rings. The third-order valence-corrected chi connectivity index (χ3v) is 6.67. The summed E-state index contributed by atoms with van der Waals surface area (Å²) in [6, 6.07) is 0. The SMILES string of the molecule is C=CCOC(=O)CC(CCCCCCCCCCCCCCCCCCC/C=C/CCC)C(=O)O. The van der Waals surface area contributed by atoms with Gasteiger partial charge in [-0.05, 0) is 25.7 Å². The van der Waals surface area contributed by atoms with Gasteiger partial charge in [0.15, 0.2) is 0 Å². The lowest BCUT2D eigenvalue weighted by atomic mass is 9.97. The highest BCUT2D eigenvalue weighted by atomic mass is 16.5.